The molecule has 2 atom stereocenters. The zero-order valence-electron chi connectivity index (χ0n) is 12.3. The highest BCUT2D eigenvalue weighted by Crippen LogP contribution is 2.25. The first-order valence-corrected chi connectivity index (χ1v) is 6.90. The first kappa shape index (κ1) is 13.9. The SMILES string of the molecule is Cc1c(C(C)C)c(=O)on1C(=O)N1C(C)CCC1C. The predicted octanol–water partition coefficient (Wildman–Crippen LogP) is 2.71. The van der Waals surface area contributed by atoms with Crippen molar-refractivity contribution in [3.8, 4) is 0 Å². The fraction of sp³-hybridized carbons (Fsp3) is 0.714. The van der Waals surface area contributed by atoms with E-state index in [0.717, 1.165) is 17.6 Å². The van der Waals surface area contributed by atoms with Gasteiger partial charge in [-0.15, -0.1) is 4.74 Å². The summed E-state index contributed by atoms with van der Waals surface area (Å²) >= 11 is 0. The summed E-state index contributed by atoms with van der Waals surface area (Å²) < 4.78 is 6.31. The van der Waals surface area contributed by atoms with E-state index in [1.165, 1.54) is 0 Å². The standard InChI is InChI=1S/C14H22N2O3/c1-8(2)12-11(5)16(19-13(12)17)14(18)15-9(3)6-7-10(15)4/h8-10H,6-7H2,1-5H3. The van der Waals surface area contributed by atoms with Gasteiger partial charge in [0.05, 0.1) is 11.3 Å². The molecule has 0 aliphatic carbocycles. The summed E-state index contributed by atoms with van der Waals surface area (Å²) in [5.74, 6) is 0.0544. The largest absolute Gasteiger partial charge is 0.361 e. The van der Waals surface area contributed by atoms with Crippen LogP contribution in [0.4, 0.5) is 4.79 Å². The molecular formula is C14H22N2O3. The molecule has 0 saturated carbocycles. The van der Waals surface area contributed by atoms with Crippen LogP contribution < -0.4 is 5.63 Å². The molecule has 0 bridgehead atoms. The molecular weight excluding hydrogens is 244 g/mol. The van der Waals surface area contributed by atoms with Gasteiger partial charge in [-0.3, -0.25) is 0 Å². The van der Waals surface area contributed by atoms with Gasteiger partial charge < -0.3 is 9.42 Å². The molecule has 19 heavy (non-hydrogen) atoms. The lowest BCUT2D eigenvalue weighted by molar-refractivity contribution is 0.149. The Bertz CT molecular complexity index is 531. The zero-order valence-corrected chi connectivity index (χ0v) is 12.3. The highest BCUT2D eigenvalue weighted by molar-refractivity contribution is 5.77. The zero-order chi connectivity index (χ0) is 14.3. The van der Waals surface area contributed by atoms with Gasteiger partial charge >= 0.3 is 11.7 Å². The minimum Gasteiger partial charge on any atom is -0.327 e. The third-order valence-electron chi connectivity index (χ3n) is 4.01. The van der Waals surface area contributed by atoms with E-state index in [-0.39, 0.29) is 24.0 Å². The van der Waals surface area contributed by atoms with Crippen LogP contribution in [0.2, 0.25) is 0 Å². The third-order valence-corrected chi connectivity index (χ3v) is 4.01. The van der Waals surface area contributed by atoms with Crippen molar-refractivity contribution in [2.45, 2.75) is 65.5 Å². The maximum absolute atomic E-state index is 12.5. The summed E-state index contributed by atoms with van der Waals surface area (Å²) in [6.45, 7) is 9.68. The van der Waals surface area contributed by atoms with E-state index < -0.39 is 5.63 Å². The molecule has 0 aromatic carbocycles. The minimum atomic E-state index is -0.402. The van der Waals surface area contributed by atoms with E-state index >= 15 is 0 Å². The van der Waals surface area contributed by atoms with Crippen molar-refractivity contribution < 1.29 is 9.32 Å². The average molecular weight is 266 g/mol. The van der Waals surface area contributed by atoms with E-state index in [1.807, 2.05) is 27.7 Å². The molecule has 1 saturated heterocycles. The molecule has 2 heterocycles. The molecule has 5 nitrogen and oxygen atoms in total. The van der Waals surface area contributed by atoms with Crippen molar-refractivity contribution in [1.82, 2.24) is 9.64 Å². The van der Waals surface area contributed by atoms with Crippen LogP contribution in [0.1, 0.15) is 57.7 Å². The van der Waals surface area contributed by atoms with Crippen LogP contribution in [0.5, 0.6) is 0 Å². The van der Waals surface area contributed by atoms with Crippen molar-refractivity contribution in [1.29, 1.82) is 0 Å². The van der Waals surface area contributed by atoms with Crippen LogP contribution in [0.25, 0.3) is 0 Å². The molecule has 2 unspecified atom stereocenters. The fourth-order valence-corrected chi connectivity index (χ4v) is 2.97. The van der Waals surface area contributed by atoms with Gasteiger partial charge in [0.15, 0.2) is 0 Å². The molecule has 1 aromatic rings. The first-order valence-electron chi connectivity index (χ1n) is 6.90. The van der Waals surface area contributed by atoms with Crippen LogP contribution in [0.3, 0.4) is 0 Å². The Balaban J connectivity index is 2.40. The maximum atomic E-state index is 12.5. The van der Waals surface area contributed by atoms with Crippen LogP contribution in [-0.2, 0) is 0 Å². The number of likely N-dealkylation sites (tertiary alicyclic amines) is 1. The molecule has 0 N–H and O–H groups in total. The summed E-state index contributed by atoms with van der Waals surface area (Å²) in [5, 5.41) is 0. The summed E-state index contributed by atoms with van der Waals surface area (Å²) in [4.78, 5) is 26.2. The van der Waals surface area contributed by atoms with Gasteiger partial charge in [0, 0.05) is 12.1 Å². The normalized spacial score (nSPS) is 23.4. The number of rotatable bonds is 1. The predicted molar refractivity (Wildman–Crippen MR) is 72.6 cm³/mol. The van der Waals surface area contributed by atoms with Crippen LogP contribution in [-0.4, -0.2) is 27.8 Å². The van der Waals surface area contributed by atoms with Gasteiger partial charge in [0.2, 0.25) is 0 Å². The average Bonchev–Trinajstić information content (AvgIpc) is 2.79. The number of hydrogen-bond acceptors (Lipinski definition) is 3. The van der Waals surface area contributed by atoms with Gasteiger partial charge in [0.25, 0.3) is 0 Å². The lowest BCUT2D eigenvalue weighted by atomic mass is 10.1. The Hall–Kier alpha value is -1.52. The van der Waals surface area contributed by atoms with Gasteiger partial charge in [-0.1, -0.05) is 13.8 Å². The van der Waals surface area contributed by atoms with Gasteiger partial charge in [-0.25, -0.2) is 9.59 Å². The number of hydrogen-bond donors (Lipinski definition) is 0. The molecule has 1 amide bonds. The maximum Gasteiger partial charge on any atom is 0.361 e. The van der Waals surface area contributed by atoms with Gasteiger partial charge in [-0.05, 0) is 39.5 Å². The highest BCUT2D eigenvalue weighted by atomic mass is 16.5. The summed E-state index contributed by atoms with van der Waals surface area (Å²) in [7, 11) is 0. The number of carbonyl (C=O) groups excluding carboxylic acids is 1. The number of aromatic nitrogens is 1. The van der Waals surface area contributed by atoms with Crippen LogP contribution in [0.15, 0.2) is 9.32 Å². The van der Waals surface area contributed by atoms with E-state index in [9.17, 15) is 9.59 Å². The topological polar surface area (TPSA) is 55.5 Å². The van der Waals surface area contributed by atoms with Crippen molar-refractivity contribution in [3.63, 3.8) is 0 Å². The van der Waals surface area contributed by atoms with Crippen LogP contribution >= 0.6 is 0 Å². The third kappa shape index (κ3) is 2.22. The summed E-state index contributed by atoms with van der Waals surface area (Å²) in [6, 6.07) is 0.160. The Kier molecular flexibility index (Phi) is 3.56. The molecule has 1 fully saturated rings. The van der Waals surface area contributed by atoms with Crippen LogP contribution in [0, 0.1) is 6.92 Å². The van der Waals surface area contributed by atoms with Crippen molar-refractivity contribution in [2.75, 3.05) is 0 Å². The van der Waals surface area contributed by atoms with Crippen molar-refractivity contribution >= 4 is 6.03 Å². The van der Waals surface area contributed by atoms with E-state index in [0.29, 0.717) is 11.3 Å². The second-order valence-corrected chi connectivity index (χ2v) is 5.79. The highest BCUT2D eigenvalue weighted by Gasteiger charge is 2.34. The molecule has 1 aliphatic rings. The second-order valence-electron chi connectivity index (χ2n) is 5.79. The smallest absolute Gasteiger partial charge is 0.327 e. The molecule has 0 radical (unpaired) electrons. The molecule has 1 aromatic heterocycles. The fourth-order valence-electron chi connectivity index (χ4n) is 2.97. The van der Waals surface area contributed by atoms with E-state index in [2.05, 4.69) is 0 Å². The lowest BCUT2D eigenvalue weighted by Crippen LogP contribution is -2.41. The summed E-state index contributed by atoms with van der Waals surface area (Å²) in [5.41, 5.74) is 0.810. The van der Waals surface area contributed by atoms with E-state index in [4.69, 9.17) is 4.52 Å². The molecule has 1 aliphatic heterocycles. The second kappa shape index (κ2) is 4.87. The molecule has 106 valence electrons. The van der Waals surface area contributed by atoms with Gasteiger partial charge in [0.1, 0.15) is 0 Å². The Morgan fingerprint density at radius 2 is 1.79 bits per heavy atom. The monoisotopic (exact) mass is 266 g/mol. The Morgan fingerprint density at radius 3 is 2.21 bits per heavy atom. The molecule has 0 spiro atoms. The number of amides is 1. The Morgan fingerprint density at radius 1 is 1.26 bits per heavy atom. The first-order chi connectivity index (χ1) is 8.84. The molecule has 5 heteroatoms. The van der Waals surface area contributed by atoms with Crippen molar-refractivity contribution in [3.05, 3.63) is 21.7 Å². The number of carbonyl (C=O) groups is 1. The number of nitrogens with zero attached hydrogens (tertiary/aromatic N) is 2. The van der Waals surface area contributed by atoms with E-state index in [1.54, 1.807) is 11.8 Å². The van der Waals surface area contributed by atoms with Gasteiger partial charge in [-0.2, -0.15) is 0 Å². The Labute approximate surface area is 113 Å². The minimum absolute atomic E-state index is 0.0544. The lowest BCUT2D eigenvalue weighted by Gasteiger charge is -2.25. The van der Waals surface area contributed by atoms with Crippen molar-refractivity contribution in [2.24, 2.45) is 0 Å². The summed E-state index contributed by atoms with van der Waals surface area (Å²) in [6.07, 6.45) is 1.99. The quantitative estimate of drug-likeness (QED) is 0.785. The molecule has 2 rings (SSSR count).